The van der Waals surface area contributed by atoms with Crippen molar-refractivity contribution in [1.29, 1.82) is 0 Å². The molecule has 1 unspecified atom stereocenters. The summed E-state index contributed by atoms with van der Waals surface area (Å²) in [5, 5.41) is 9.17. The molecule has 2 aromatic heterocycles. The Morgan fingerprint density at radius 2 is 2.33 bits per heavy atom. The maximum absolute atomic E-state index is 12.3. The smallest absolute Gasteiger partial charge is 0.306 e. The normalized spacial score (nSPS) is 13.4. The number of carboxylic acids is 1. The third kappa shape index (κ3) is 3.57. The zero-order valence-corrected chi connectivity index (χ0v) is 12.1. The number of aromatic nitrogens is 2. The molecule has 0 aliphatic heterocycles. The summed E-state index contributed by atoms with van der Waals surface area (Å²) in [7, 11) is -2.45. The molecule has 21 heavy (non-hydrogen) atoms. The fourth-order valence-electron chi connectivity index (χ4n) is 1.87. The van der Waals surface area contributed by atoms with Gasteiger partial charge in [0.25, 0.3) is 0 Å². The van der Waals surface area contributed by atoms with Crippen LogP contribution in [0.2, 0.25) is 0 Å². The number of pyridine rings is 1. The van der Waals surface area contributed by atoms with E-state index >= 15 is 0 Å². The molecule has 2 aromatic rings. The number of ether oxygens (including phenoxy) is 1. The minimum Gasteiger partial charge on any atom is -0.481 e. The van der Waals surface area contributed by atoms with Crippen LogP contribution in [0.3, 0.4) is 0 Å². The van der Waals surface area contributed by atoms with Gasteiger partial charge in [0.15, 0.2) is 0 Å². The molecule has 9 heteroatoms. The van der Waals surface area contributed by atoms with Gasteiger partial charge in [0, 0.05) is 31.4 Å². The van der Waals surface area contributed by atoms with Gasteiger partial charge in [0.05, 0.1) is 12.5 Å². The number of fused-ring (bicyclic) bond motifs is 1. The van der Waals surface area contributed by atoms with E-state index in [2.05, 4.69) is 14.7 Å². The average Bonchev–Trinajstić information content (AvgIpc) is 2.87. The average molecular weight is 313 g/mol. The van der Waals surface area contributed by atoms with Gasteiger partial charge in [-0.1, -0.05) is 0 Å². The van der Waals surface area contributed by atoms with Crippen LogP contribution in [0.4, 0.5) is 0 Å². The highest BCUT2D eigenvalue weighted by Crippen LogP contribution is 2.20. The number of carboxylic acid groups (broad SMARTS) is 1. The van der Waals surface area contributed by atoms with E-state index < -0.39 is 22.1 Å². The van der Waals surface area contributed by atoms with Gasteiger partial charge in [-0.25, -0.2) is 18.1 Å². The van der Waals surface area contributed by atoms with Gasteiger partial charge < -0.3 is 14.8 Å². The lowest BCUT2D eigenvalue weighted by Crippen LogP contribution is -2.34. The Labute approximate surface area is 121 Å². The van der Waals surface area contributed by atoms with Gasteiger partial charge in [-0.05, 0) is 12.1 Å². The molecule has 0 bridgehead atoms. The number of methoxy groups -OCH3 is 1. The minimum absolute atomic E-state index is 0.0655. The predicted octanol–water partition coefficient (Wildman–Crippen LogP) is 0.331. The van der Waals surface area contributed by atoms with Gasteiger partial charge in [-0.2, -0.15) is 0 Å². The zero-order valence-electron chi connectivity index (χ0n) is 11.2. The van der Waals surface area contributed by atoms with Crippen LogP contribution in [-0.2, 0) is 19.6 Å². The molecule has 0 aliphatic carbocycles. The van der Waals surface area contributed by atoms with Crippen LogP contribution < -0.4 is 4.72 Å². The van der Waals surface area contributed by atoms with Gasteiger partial charge in [0.2, 0.25) is 10.0 Å². The number of aromatic amines is 1. The number of sulfonamides is 1. The molecule has 8 nitrogen and oxygen atoms in total. The summed E-state index contributed by atoms with van der Waals surface area (Å²) in [5.74, 6) is -1.06. The van der Waals surface area contributed by atoms with Crippen molar-refractivity contribution in [3.63, 3.8) is 0 Å². The van der Waals surface area contributed by atoms with E-state index in [0.29, 0.717) is 11.0 Å². The highest BCUT2D eigenvalue weighted by Gasteiger charge is 2.21. The van der Waals surface area contributed by atoms with Crippen LogP contribution in [0, 0.1) is 0 Å². The Kier molecular flexibility index (Phi) is 4.56. The first kappa shape index (κ1) is 15.4. The fourth-order valence-corrected chi connectivity index (χ4v) is 3.10. The second kappa shape index (κ2) is 6.20. The maximum atomic E-state index is 12.3. The van der Waals surface area contributed by atoms with E-state index in [1.807, 2.05) is 0 Å². The number of aliphatic carboxylic acids is 1. The Bertz CT molecular complexity index is 740. The SMILES string of the molecule is COC(CNS(=O)(=O)c1c[nH]c2ncccc12)CC(=O)O. The first-order valence-electron chi connectivity index (χ1n) is 6.10. The van der Waals surface area contributed by atoms with E-state index in [-0.39, 0.29) is 17.9 Å². The molecule has 0 aromatic carbocycles. The standard InChI is InChI=1S/C12H15N3O5S/c1-20-8(5-11(16)17)6-15-21(18,19)10-7-14-12-9(10)3-2-4-13-12/h2-4,7-8,15H,5-6H2,1H3,(H,13,14)(H,16,17). The van der Waals surface area contributed by atoms with E-state index in [4.69, 9.17) is 9.84 Å². The summed E-state index contributed by atoms with van der Waals surface area (Å²) in [5.41, 5.74) is 0.465. The van der Waals surface area contributed by atoms with Crippen molar-refractivity contribution in [2.75, 3.05) is 13.7 Å². The molecule has 2 rings (SSSR count). The molecule has 0 aliphatic rings. The second-order valence-corrected chi connectivity index (χ2v) is 6.10. The Morgan fingerprint density at radius 1 is 1.57 bits per heavy atom. The molecule has 0 fully saturated rings. The second-order valence-electron chi connectivity index (χ2n) is 4.36. The Balaban J connectivity index is 2.17. The topological polar surface area (TPSA) is 121 Å². The molecule has 0 saturated heterocycles. The molecule has 0 saturated carbocycles. The fraction of sp³-hybridized carbons (Fsp3) is 0.333. The van der Waals surface area contributed by atoms with Crippen molar-refractivity contribution in [2.45, 2.75) is 17.4 Å². The van der Waals surface area contributed by atoms with E-state index in [0.717, 1.165) is 0 Å². The van der Waals surface area contributed by atoms with Crippen LogP contribution in [0.25, 0.3) is 11.0 Å². The summed E-state index contributed by atoms with van der Waals surface area (Å²) in [6, 6.07) is 3.27. The predicted molar refractivity (Wildman–Crippen MR) is 74.3 cm³/mol. The van der Waals surface area contributed by atoms with Gasteiger partial charge in [-0.15, -0.1) is 0 Å². The lowest BCUT2D eigenvalue weighted by molar-refractivity contribution is -0.139. The molecule has 114 valence electrons. The minimum atomic E-state index is -3.78. The molecule has 0 radical (unpaired) electrons. The summed E-state index contributed by atoms with van der Waals surface area (Å²) >= 11 is 0. The molecule has 0 spiro atoms. The zero-order chi connectivity index (χ0) is 15.5. The quantitative estimate of drug-likeness (QED) is 0.677. The monoisotopic (exact) mass is 313 g/mol. The third-order valence-corrected chi connectivity index (χ3v) is 4.40. The molecular formula is C12H15N3O5S. The third-order valence-electron chi connectivity index (χ3n) is 2.94. The molecule has 3 N–H and O–H groups in total. The van der Waals surface area contributed by atoms with Crippen molar-refractivity contribution in [1.82, 2.24) is 14.7 Å². The number of hydrogen-bond donors (Lipinski definition) is 3. The first-order valence-corrected chi connectivity index (χ1v) is 7.58. The van der Waals surface area contributed by atoms with Crippen molar-refractivity contribution >= 4 is 27.0 Å². The van der Waals surface area contributed by atoms with Crippen LogP contribution in [-0.4, -0.2) is 49.2 Å². The van der Waals surface area contributed by atoms with Crippen LogP contribution >= 0.6 is 0 Å². The summed E-state index contributed by atoms with van der Waals surface area (Å²) in [6.07, 6.45) is 1.88. The highest BCUT2D eigenvalue weighted by molar-refractivity contribution is 7.89. The largest absolute Gasteiger partial charge is 0.481 e. The lowest BCUT2D eigenvalue weighted by atomic mass is 10.2. The number of carbonyl (C=O) groups is 1. The highest BCUT2D eigenvalue weighted by atomic mass is 32.2. The van der Waals surface area contributed by atoms with E-state index in [9.17, 15) is 13.2 Å². The van der Waals surface area contributed by atoms with E-state index in [1.165, 1.54) is 13.3 Å². The number of hydrogen-bond acceptors (Lipinski definition) is 5. The molecular weight excluding hydrogens is 298 g/mol. The number of nitrogens with one attached hydrogen (secondary N) is 2. The van der Waals surface area contributed by atoms with Crippen LogP contribution in [0.5, 0.6) is 0 Å². The van der Waals surface area contributed by atoms with Crippen LogP contribution in [0.15, 0.2) is 29.4 Å². The van der Waals surface area contributed by atoms with Crippen molar-refractivity contribution in [3.05, 3.63) is 24.5 Å². The Morgan fingerprint density at radius 3 is 3.00 bits per heavy atom. The van der Waals surface area contributed by atoms with Crippen LogP contribution in [0.1, 0.15) is 6.42 Å². The number of nitrogens with zero attached hydrogens (tertiary/aromatic N) is 1. The summed E-state index contributed by atoms with van der Waals surface area (Å²) in [4.78, 5) is 17.5. The van der Waals surface area contributed by atoms with Gasteiger partial charge >= 0.3 is 5.97 Å². The Hall–Kier alpha value is -1.97. The molecule has 2 heterocycles. The maximum Gasteiger partial charge on any atom is 0.306 e. The van der Waals surface area contributed by atoms with Crippen molar-refractivity contribution in [2.24, 2.45) is 0 Å². The summed E-state index contributed by atoms with van der Waals surface area (Å²) < 4.78 is 31.8. The first-order chi connectivity index (χ1) is 9.94. The molecule has 0 amide bonds. The number of rotatable bonds is 7. The number of H-pyrrole nitrogens is 1. The molecule has 1 atom stereocenters. The summed E-state index contributed by atoms with van der Waals surface area (Å²) in [6.45, 7) is -0.127. The van der Waals surface area contributed by atoms with Crippen molar-refractivity contribution < 1.29 is 23.1 Å². The van der Waals surface area contributed by atoms with Gasteiger partial charge in [-0.3, -0.25) is 4.79 Å². The van der Waals surface area contributed by atoms with Crippen molar-refractivity contribution in [3.8, 4) is 0 Å². The van der Waals surface area contributed by atoms with E-state index in [1.54, 1.807) is 18.3 Å². The van der Waals surface area contributed by atoms with Gasteiger partial charge in [0.1, 0.15) is 10.5 Å². The lowest BCUT2D eigenvalue weighted by Gasteiger charge is -2.13.